The first-order valence-corrected chi connectivity index (χ1v) is 8.07. The average molecular weight is 298 g/mol. The Morgan fingerprint density at radius 2 is 1.76 bits per heavy atom. The van der Waals surface area contributed by atoms with Crippen LogP contribution in [0.4, 0.5) is 0 Å². The monoisotopic (exact) mass is 298 g/mol. The Hall–Kier alpha value is -1.10. The number of hydrogen-bond acceptors (Lipinski definition) is 3. The van der Waals surface area contributed by atoms with Gasteiger partial charge in [0.2, 0.25) is 5.91 Å². The number of nitrogens with one attached hydrogen (secondary N) is 1. The van der Waals surface area contributed by atoms with Gasteiger partial charge >= 0.3 is 5.97 Å². The lowest BCUT2D eigenvalue weighted by molar-refractivity contribution is -0.141. The van der Waals surface area contributed by atoms with Gasteiger partial charge in [-0.1, -0.05) is 26.7 Å². The van der Waals surface area contributed by atoms with E-state index < -0.39 is 5.97 Å². The van der Waals surface area contributed by atoms with Crippen molar-refractivity contribution in [2.45, 2.75) is 52.0 Å². The molecule has 1 amide bonds. The van der Waals surface area contributed by atoms with Crippen LogP contribution in [0.2, 0.25) is 0 Å². The molecule has 0 aromatic carbocycles. The molecule has 0 bridgehead atoms. The molecule has 0 radical (unpaired) electrons. The van der Waals surface area contributed by atoms with E-state index >= 15 is 0 Å². The molecule has 0 saturated heterocycles. The smallest absolute Gasteiger partial charge is 0.306 e. The Morgan fingerprint density at radius 3 is 2.19 bits per heavy atom. The number of aliphatic carboxylic acids is 1. The standard InChI is InChI=1S/C16H30N2O3/c1-5-11(6-2)14(18(3)4)10-17-15(19)12-7-8-13(9-12)16(20)21/h11-14H,5-10H2,1-4H3,(H,17,19)(H,20,21)/t12-,13+,14?/m1/s1. The first-order valence-electron chi connectivity index (χ1n) is 8.07. The molecule has 5 heteroatoms. The van der Waals surface area contributed by atoms with Crippen LogP contribution in [0.1, 0.15) is 46.0 Å². The van der Waals surface area contributed by atoms with Crippen molar-refractivity contribution in [3.8, 4) is 0 Å². The van der Waals surface area contributed by atoms with Crippen LogP contribution in [0, 0.1) is 17.8 Å². The number of likely N-dealkylation sites (N-methyl/N-ethyl adjacent to an activating group) is 1. The minimum Gasteiger partial charge on any atom is -0.481 e. The van der Waals surface area contributed by atoms with Gasteiger partial charge in [-0.15, -0.1) is 0 Å². The predicted molar refractivity (Wildman–Crippen MR) is 83.0 cm³/mol. The Bertz CT molecular complexity index is 353. The Balaban J connectivity index is 2.49. The molecule has 3 atom stereocenters. The summed E-state index contributed by atoms with van der Waals surface area (Å²) in [5.74, 6) is -0.652. The maximum Gasteiger partial charge on any atom is 0.306 e. The van der Waals surface area contributed by atoms with E-state index in [9.17, 15) is 9.59 Å². The van der Waals surface area contributed by atoms with Crippen molar-refractivity contribution in [1.29, 1.82) is 0 Å². The van der Waals surface area contributed by atoms with Crippen LogP contribution in [0.3, 0.4) is 0 Å². The fourth-order valence-corrected chi connectivity index (χ4v) is 3.40. The predicted octanol–water partition coefficient (Wildman–Crippen LogP) is 1.97. The van der Waals surface area contributed by atoms with Crippen molar-refractivity contribution in [3.05, 3.63) is 0 Å². The van der Waals surface area contributed by atoms with Crippen LogP contribution in [0.15, 0.2) is 0 Å². The van der Waals surface area contributed by atoms with E-state index in [1.807, 2.05) is 14.1 Å². The second-order valence-corrected chi connectivity index (χ2v) is 6.40. The third kappa shape index (κ3) is 4.99. The van der Waals surface area contributed by atoms with Crippen molar-refractivity contribution >= 4 is 11.9 Å². The molecule has 0 aromatic rings. The van der Waals surface area contributed by atoms with E-state index in [2.05, 4.69) is 24.1 Å². The number of amides is 1. The van der Waals surface area contributed by atoms with E-state index in [0.717, 1.165) is 12.8 Å². The third-order valence-corrected chi connectivity index (χ3v) is 4.89. The van der Waals surface area contributed by atoms with Crippen LogP contribution < -0.4 is 5.32 Å². The Kier molecular flexibility index (Phi) is 7.15. The van der Waals surface area contributed by atoms with Gasteiger partial charge in [-0.3, -0.25) is 9.59 Å². The summed E-state index contributed by atoms with van der Waals surface area (Å²) in [5.41, 5.74) is 0. The van der Waals surface area contributed by atoms with Crippen LogP contribution in [0.25, 0.3) is 0 Å². The summed E-state index contributed by atoms with van der Waals surface area (Å²) < 4.78 is 0. The number of hydrogen-bond donors (Lipinski definition) is 2. The highest BCUT2D eigenvalue weighted by molar-refractivity contribution is 5.80. The zero-order chi connectivity index (χ0) is 16.0. The lowest BCUT2D eigenvalue weighted by Crippen LogP contribution is -2.45. The lowest BCUT2D eigenvalue weighted by Gasteiger charge is -2.31. The number of rotatable bonds is 8. The molecule has 0 heterocycles. The summed E-state index contributed by atoms with van der Waals surface area (Å²) in [6, 6.07) is 0.334. The molecular weight excluding hydrogens is 268 g/mol. The first-order chi connectivity index (χ1) is 9.90. The fraction of sp³-hybridized carbons (Fsp3) is 0.875. The van der Waals surface area contributed by atoms with Gasteiger partial charge < -0.3 is 15.3 Å². The Labute approximate surface area is 128 Å². The van der Waals surface area contributed by atoms with E-state index in [4.69, 9.17) is 5.11 Å². The molecule has 21 heavy (non-hydrogen) atoms. The largest absolute Gasteiger partial charge is 0.481 e. The zero-order valence-electron chi connectivity index (χ0n) is 13.8. The summed E-state index contributed by atoms with van der Waals surface area (Å²) in [6.07, 6.45) is 4.00. The lowest BCUT2D eigenvalue weighted by atomic mass is 9.93. The van der Waals surface area contributed by atoms with Crippen molar-refractivity contribution in [2.75, 3.05) is 20.6 Å². The van der Waals surface area contributed by atoms with Crippen LogP contribution in [0.5, 0.6) is 0 Å². The SMILES string of the molecule is CCC(CC)C(CNC(=O)[C@@H]1CC[C@H](C(=O)O)C1)N(C)C. The van der Waals surface area contributed by atoms with E-state index in [-0.39, 0.29) is 17.7 Å². The highest BCUT2D eigenvalue weighted by Crippen LogP contribution is 2.31. The van der Waals surface area contributed by atoms with E-state index in [1.165, 1.54) is 0 Å². The molecular formula is C16H30N2O3. The van der Waals surface area contributed by atoms with Crippen molar-refractivity contribution in [1.82, 2.24) is 10.2 Å². The summed E-state index contributed by atoms with van der Waals surface area (Å²) in [6.45, 7) is 5.01. The molecule has 122 valence electrons. The van der Waals surface area contributed by atoms with E-state index in [1.54, 1.807) is 0 Å². The summed E-state index contributed by atoms with van der Waals surface area (Å²) in [5, 5.41) is 12.0. The normalized spacial score (nSPS) is 23.5. The van der Waals surface area contributed by atoms with Gasteiger partial charge in [0.25, 0.3) is 0 Å². The number of carbonyl (C=O) groups excluding carboxylic acids is 1. The number of carboxylic acid groups (broad SMARTS) is 1. The quantitative estimate of drug-likeness (QED) is 0.719. The number of carboxylic acids is 1. The van der Waals surface area contributed by atoms with Gasteiger partial charge in [-0.05, 0) is 39.3 Å². The average Bonchev–Trinajstić information content (AvgIpc) is 2.92. The zero-order valence-corrected chi connectivity index (χ0v) is 13.8. The molecule has 0 spiro atoms. The summed E-state index contributed by atoms with van der Waals surface area (Å²) in [4.78, 5) is 25.3. The molecule has 1 saturated carbocycles. The molecule has 1 aliphatic carbocycles. The van der Waals surface area contributed by atoms with Crippen molar-refractivity contribution < 1.29 is 14.7 Å². The van der Waals surface area contributed by atoms with Gasteiger partial charge in [0, 0.05) is 18.5 Å². The molecule has 1 aliphatic rings. The highest BCUT2D eigenvalue weighted by atomic mass is 16.4. The highest BCUT2D eigenvalue weighted by Gasteiger charge is 2.34. The van der Waals surface area contributed by atoms with Gasteiger partial charge in [0.1, 0.15) is 0 Å². The Morgan fingerprint density at radius 1 is 1.19 bits per heavy atom. The van der Waals surface area contributed by atoms with E-state index in [0.29, 0.717) is 37.8 Å². The van der Waals surface area contributed by atoms with Crippen molar-refractivity contribution in [3.63, 3.8) is 0 Å². The second-order valence-electron chi connectivity index (χ2n) is 6.40. The van der Waals surface area contributed by atoms with Gasteiger partial charge in [-0.2, -0.15) is 0 Å². The third-order valence-electron chi connectivity index (χ3n) is 4.89. The maximum atomic E-state index is 12.2. The molecule has 0 aromatic heterocycles. The summed E-state index contributed by atoms with van der Waals surface area (Å²) in [7, 11) is 4.09. The molecule has 5 nitrogen and oxygen atoms in total. The van der Waals surface area contributed by atoms with Gasteiger partial charge in [0.05, 0.1) is 5.92 Å². The molecule has 0 aliphatic heterocycles. The minimum absolute atomic E-state index is 0.0246. The minimum atomic E-state index is -0.770. The van der Waals surface area contributed by atoms with Crippen molar-refractivity contribution in [2.24, 2.45) is 17.8 Å². The van der Waals surface area contributed by atoms with Crippen LogP contribution in [-0.2, 0) is 9.59 Å². The molecule has 1 unspecified atom stereocenters. The van der Waals surface area contributed by atoms with Crippen LogP contribution >= 0.6 is 0 Å². The summed E-state index contributed by atoms with van der Waals surface area (Å²) >= 11 is 0. The van der Waals surface area contributed by atoms with Crippen LogP contribution in [-0.4, -0.2) is 48.6 Å². The topological polar surface area (TPSA) is 69.6 Å². The van der Waals surface area contributed by atoms with Gasteiger partial charge in [0.15, 0.2) is 0 Å². The maximum absolute atomic E-state index is 12.2. The molecule has 1 fully saturated rings. The van der Waals surface area contributed by atoms with Gasteiger partial charge in [-0.25, -0.2) is 0 Å². The number of nitrogens with zero attached hydrogens (tertiary/aromatic N) is 1. The fourth-order valence-electron chi connectivity index (χ4n) is 3.40. The molecule has 1 rings (SSSR count). The first kappa shape index (κ1) is 18.0. The molecule has 2 N–H and O–H groups in total. The second kappa shape index (κ2) is 8.37. The number of carbonyl (C=O) groups is 2.